The molecule has 2 aromatic carbocycles. The zero-order valence-corrected chi connectivity index (χ0v) is 14.1. The molecule has 0 aliphatic carbocycles. The monoisotopic (exact) mass is 343 g/mol. The number of anilines is 1. The van der Waals surface area contributed by atoms with E-state index in [0.29, 0.717) is 28.4 Å². The summed E-state index contributed by atoms with van der Waals surface area (Å²) in [7, 11) is 0. The highest BCUT2D eigenvalue weighted by atomic mass is 35.5. The van der Waals surface area contributed by atoms with E-state index in [1.807, 2.05) is 13.0 Å². The van der Waals surface area contributed by atoms with E-state index >= 15 is 0 Å². The Labute approximate surface area is 145 Å². The molecule has 4 nitrogen and oxygen atoms in total. The van der Waals surface area contributed by atoms with Crippen LogP contribution in [0.1, 0.15) is 35.7 Å². The number of nitrogens with zero attached hydrogens (tertiary/aromatic N) is 1. The van der Waals surface area contributed by atoms with Crippen molar-refractivity contribution in [3.8, 4) is 0 Å². The van der Waals surface area contributed by atoms with Crippen molar-refractivity contribution >= 4 is 29.0 Å². The van der Waals surface area contributed by atoms with E-state index in [9.17, 15) is 14.7 Å². The Hall–Kier alpha value is -2.17. The Morgan fingerprint density at radius 3 is 2.54 bits per heavy atom. The Kier molecular flexibility index (Phi) is 4.43. The number of fused-ring (bicyclic) bond motifs is 1. The van der Waals surface area contributed by atoms with Gasteiger partial charge in [-0.3, -0.25) is 9.59 Å². The van der Waals surface area contributed by atoms with Crippen LogP contribution in [-0.2, 0) is 10.4 Å². The number of hydrogen-bond acceptors (Lipinski definition) is 3. The molecule has 1 aliphatic heterocycles. The summed E-state index contributed by atoms with van der Waals surface area (Å²) in [5.74, 6) is -0.810. The summed E-state index contributed by atoms with van der Waals surface area (Å²) in [5, 5.41) is 11.4. The number of carbonyl (C=O) groups excluding carboxylic acids is 2. The molecular weight excluding hydrogens is 326 g/mol. The number of para-hydroxylation sites is 1. The van der Waals surface area contributed by atoms with Crippen LogP contribution in [0.4, 0.5) is 5.69 Å². The minimum absolute atomic E-state index is 0.312. The molecule has 24 heavy (non-hydrogen) atoms. The highest BCUT2D eigenvalue weighted by Crippen LogP contribution is 2.43. The fourth-order valence-corrected chi connectivity index (χ4v) is 3.38. The number of Topliss-reactive ketones (excluding diaryl/α,β-unsaturated/α-hetero) is 1. The summed E-state index contributed by atoms with van der Waals surface area (Å²) in [6, 6.07) is 13.7. The molecular formula is C19H18ClNO3. The summed E-state index contributed by atoms with van der Waals surface area (Å²) in [6.45, 7) is 2.46. The molecule has 0 spiro atoms. The molecule has 0 bridgehead atoms. The normalized spacial score (nSPS) is 19.5. The number of rotatable bonds is 5. The second-order valence-corrected chi connectivity index (χ2v) is 6.32. The van der Waals surface area contributed by atoms with E-state index < -0.39 is 11.5 Å². The second kappa shape index (κ2) is 6.38. The summed E-state index contributed by atoms with van der Waals surface area (Å²) in [4.78, 5) is 27.0. The van der Waals surface area contributed by atoms with Gasteiger partial charge < -0.3 is 10.0 Å². The van der Waals surface area contributed by atoms with Crippen LogP contribution in [0.5, 0.6) is 0 Å². The molecule has 0 saturated carbocycles. The van der Waals surface area contributed by atoms with Crippen molar-refractivity contribution in [3.05, 3.63) is 64.7 Å². The standard InChI is InChI=1S/C19H18ClNO3/c1-2-11-21-16-10-6-4-8-14(16)19(24,18(21)23)12-17(22)13-7-3-5-9-15(13)20/h3-10,24H,2,11-12H2,1H3/t19-/m1/s1. The molecule has 0 unspecified atom stereocenters. The lowest BCUT2D eigenvalue weighted by Crippen LogP contribution is -2.42. The highest BCUT2D eigenvalue weighted by Gasteiger charge is 2.50. The first kappa shape index (κ1) is 16.7. The molecule has 0 radical (unpaired) electrons. The molecule has 3 rings (SSSR count). The van der Waals surface area contributed by atoms with Gasteiger partial charge in [0.2, 0.25) is 0 Å². The molecule has 2 aromatic rings. The first-order valence-electron chi connectivity index (χ1n) is 7.90. The molecule has 1 amide bonds. The van der Waals surface area contributed by atoms with Crippen molar-refractivity contribution in [2.45, 2.75) is 25.4 Å². The molecule has 1 aliphatic rings. The molecule has 5 heteroatoms. The molecule has 0 fully saturated rings. The van der Waals surface area contributed by atoms with Crippen LogP contribution in [-0.4, -0.2) is 23.3 Å². The zero-order valence-electron chi connectivity index (χ0n) is 13.3. The number of benzene rings is 2. The maximum absolute atomic E-state index is 12.8. The largest absolute Gasteiger partial charge is 0.375 e. The van der Waals surface area contributed by atoms with E-state index in [1.54, 1.807) is 47.4 Å². The van der Waals surface area contributed by atoms with Crippen molar-refractivity contribution in [1.82, 2.24) is 0 Å². The van der Waals surface area contributed by atoms with Gasteiger partial charge in [-0.05, 0) is 24.6 Å². The van der Waals surface area contributed by atoms with E-state index in [2.05, 4.69) is 0 Å². The highest BCUT2D eigenvalue weighted by molar-refractivity contribution is 6.34. The fraction of sp³-hybridized carbons (Fsp3) is 0.263. The quantitative estimate of drug-likeness (QED) is 0.844. The Bertz CT molecular complexity index is 805. The Morgan fingerprint density at radius 1 is 1.17 bits per heavy atom. The van der Waals surface area contributed by atoms with Crippen molar-refractivity contribution in [2.24, 2.45) is 0 Å². The Morgan fingerprint density at radius 2 is 1.83 bits per heavy atom. The lowest BCUT2D eigenvalue weighted by Gasteiger charge is -2.22. The van der Waals surface area contributed by atoms with Gasteiger partial charge >= 0.3 is 0 Å². The van der Waals surface area contributed by atoms with Gasteiger partial charge in [0.15, 0.2) is 11.4 Å². The summed E-state index contributed by atoms with van der Waals surface area (Å²) in [5.41, 5.74) is -0.392. The predicted octanol–water partition coefficient (Wildman–Crippen LogP) is 3.56. The zero-order chi connectivity index (χ0) is 17.3. The van der Waals surface area contributed by atoms with E-state index in [0.717, 1.165) is 6.42 Å². The molecule has 0 aromatic heterocycles. The van der Waals surface area contributed by atoms with Gasteiger partial charge in [0.25, 0.3) is 5.91 Å². The summed E-state index contributed by atoms with van der Waals surface area (Å²) >= 11 is 6.07. The van der Waals surface area contributed by atoms with Crippen LogP contribution in [0.3, 0.4) is 0 Å². The average Bonchev–Trinajstić information content (AvgIpc) is 2.78. The van der Waals surface area contributed by atoms with Gasteiger partial charge in [-0.2, -0.15) is 0 Å². The van der Waals surface area contributed by atoms with Crippen molar-refractivity contribution in [2.75, 3.05) is 11.4 Å². The smallest absolute Gasteiger partial charge is 0.264 e. The minimum Gasteiger partial charge on any atom is -0.375 e. The van der Waals surface area contributed by atoms with Gasteiger partial charge in [-0.15, -0.1) is 0 Å². The van der Waals surface area contributed by atoms with Crippen molar-refractivity contribution in [3.63, 3.8) is 0 Å². The summed E-state index contributed by atoms with van der Waals surface area (Å²) < 4.78 is 0. The van der Waals surface area contributed by atoms with Gasteiger partial charge in [-0.25, -0.2) is 0 Å². The van der Waals surface area contributed by atoms with E-state index in [1.165, 1.54) is 0 Å². The van der Waals surface area contributed by atoms with Crippen molar-refractivity contribution in [1.29, 1.82) is 0 Å². The molecule has 1 N–H and O–H groups in total. The third-order valence-corrected chi connectivity index (χ3v) is 4.61. The number of ketones is 1. The topological polar surface area (TPSA) is 57.6 Å². The number of aliphatic hydroxyl groups is 1. The number of carbonyl (C=O) groups is 2. The molecule has 124 valence electrons. The van der Waals surface area contributed by atoms with Gasteiger partial charge in [0.1, 0.15) is 0 Å². The van der Waals surface area contributed by atoms with Gasteiger partial charge in [0.05, 0.1) is 17.1 Å². The third kappa shape index (κ3) is 2.62. The van der Waals surface area contributed by atoms with Crippen LogP contribution in [0.15, 0.2) is 48.5 Å². The minimum atomic E-state index is -1.85. The van der Waals surface area contributed by atoms with Crippen LogP contribution in [0.25, 0.3) is 0 Å². The number of hydrogen-bond donors (Lipinski definition) is 1. The van der Waals surface area contributed by atoms with Crippen LogP contribution < -0.4 is 4.90 Å². The fourth-order valence-electron chi connectivity index (χ4n) is 3.14. The Balaban J connectivity index is 1.99. The maximum Gasteiger partial charge on any atom is 0.264 e. The van der Waals surface area contributed by atoms with Crippen LogP contribution in [0, 0.1) is 0 Å². The van der Waals surface area contributed by atoms with Crippen LogP contribution in [0.2, 0.25) is 5.02 Å². The van der Waals surface area contributed by atoms with E-state index in [-0.39, 0.29) is 12.2 Å². The maximum atomic E-state index is 12.8. The van der Waals surface area contributed by atoms with E-state index in [4.69, 9.17) is 11.6 Å². The van der Waals surface area contributed by atoms with Gasteiger partial charge in [-0.1, -0.05) is 48.9 Å². The third-order valence-electron chi connectivity index (χ3n) is 4.28. The summed E-state index contributed by atoms with van der Waals surface area (Å²) in [6.07, 6.45) is 0.432. The molecule has 1 heterocycles. The second-order valence-electron chi connectivity index (χ2n) is 5.91. The molecule has 0 saturated heterocycles. The predicted molar refractivity (Wildman–Crippen MR) is 93.4 cm³/mol. The lowest BCUT2D eigenvalue weighted by molar-refractivity contribution is -0.135. The first-order chi connectivity index (χ1) is 11.5. The number of halogens is 1. The molecule has 1 atom stereocenters. The lowest BCUT2D eigenvalue weighted by atomic mass is 9.88. The van der Waals surface area contributed by atoms with Crippen LogP contribution >= 0.6 is 11.6 Å². The van der Waals surface area contributed by atoms with Crippen molar-refractivity contribution < 1.29 is 14.7 Å². The van der Waals surface area contributed by atoms with Gasteiger partial charge in [0, 0.05) is 17.7 Å². The number of amides is 1. The first-order valence-corrected chi connectivity index (χ1v) is 8.28. The average molecular weight is 344 g/mol. The SMILES string of the molecule is CCCN1C(=O)[C@@](O)(CC(=O)c2ccccc2Cl)c2ccccc21.